The molecule has 2 heterocycles. The maximum atomic E-state index is 12.8. The van der Waals surface area contributed by atoms with Crippen molar-refractivity contribution in [2.45, 2.75) is 38.1 Å². The standard InChI is InChI=1S/C20H18N2O4S2/c23-19-18(28-20(27)21(19)14-4-2-1-3-5-14)12-16-10-11-17(26-16)13-6-8-15(9-7-13)22(24)25/h6-12,14H,1-5H2/b18-12+. The van der Waals surface area contributed by atoms with E-state index in [1.165, 1.54) is 30.3 Å². The van der Waals surface area contributed by atoms with Gasteiger partial charge in [-0.25, -0.2) is 0 Å². The number of thiocarbonyl (C=S) groups is 1. The number of nitro groups is 1. The average molecular weight is 415 g/mol. The van der Waals surface area contributed by atoms with Crippen LogP contribution >= 0.6 is 24.0 Å². The van der Waals surface area contributed by atoms with Crippen molar-refractivity contribution in [3.63, 3.8) is 0 Å². The summed E-state index contributed by atoms with van der Waals surface area (Å²) in [6.07, 6.45) is 7.22. The quantitative estimate of drug-likeness (QED) is 0.289. The number of nitro benzene ring substituents is 1. The van der Waals surface area contributed by atoms with Gasteiger partial charge >= 0.3 is 0 Å². The summed E-state index contributed by atoms with van der Waals surface area (Å²) in [7, 11) is 0. The summed E-state index contributed by atoms with van der Waals surface area (Å²) in [6, 6.07) is 9.94. The van der Waals surface area contributed by atoms with E-state index in [0.717, 1.165) is 31.2 Å². The third-order valence-electron chi connectivity index (χ3n) is 5.03. The Balaban J connectivity index is 1.52. The molecule has 4 rings (SSSR count). The third kappa shape index (κ3) is 3.74. The van der Waals surface area contributed by atoms with E-state index >= 15 is 0 Å². The Morgan fingerprint density at radius 3 is 2.54 bits per heavy atom. The van der Waals surface area contributed by atoms with E-state index in [1.807, 2.05) is 0 Å². The summed E-state index contributed by atoms with van der Waals surface area (Å²) in [4.78, 5) is 25.5. The number of thioether (sulfide) groups is 1. The third-order valence-corrected chi connectivity index (χ3v) is 6.36. The van der Waals surface area contributed by atoms with Crippen LogP contribution in [0, 0.1) is 10.1 Å². The summed E-state index contributed by atoms with van der Waals surface area (Å²) in [6.45, 7) is 0. The molecular weight excluding hydrogens is 396 g/mol. The maximum absolute atomic E-state index is 12.8. The van der Waals surface area contributed by atoms with E-state index in [4.69, 9.17) is 16.6 Å². The smallest absolute Gasteiger partial charge is 0.269 e. The van der Waals surface area contributed by atoms with E-state index in [2.05, 4.69) is 0 Å². The molecule has 1 aromatic carbocycles. The highest BCUT2D eigenvalue weighted by Gasteiger charge is 2.37. The number of benzene rings is 1. The fourth-order valence-electron chi connectivity index (χ4n) is 3.60. The number of amides is 1. The zero-order chi connectivity index (χ0) is 19.7. The first kappa shape index (κ1) is 18.9. The van der Waals surface area contributed by atoms with Crippen LogP contribution in [0.3, 0.4) is 0 Å². The largest absolute Gasteiger partial charge is 0.457 e. The van der Waals surface area contributed by atoms with Crippen molar-refractivity contribution in [2.75, 3.05) is 0 Å². The molecule has 1 saturated carbocycles. The minimum absolute atomic E-state index is 0.0296. The molecule has 1 aliphatic carbocycles. The minimum Gasteiger partial charge on any atom is -0.457 e. The molecule has 0 N–H and O–H groups in total. The van der Waals surface area contributed by atoms with Crippen molar-refractivity contribution < 1.29 is 14.1 Å². The second kappa shape index (κ2) is 7.89. The summed E-state index contributed by atoms with van der Waals surface area (Å²) >= 11 is 6.76. The van der Waals surface area contributed by atoms with Crippen LogP contribution in [0.25, 0.3) is 17.4 Å². The number of hydrogen-bond donors (Lipinski definition) is 0. The van der Waals surface area contributed by atoms with Gasteiger partial charge < -0.3 is 4.42 Å². The van der Waals surface area contributed by atoms with E-state index in [0.29, 0.717) is 20.7 Å². The van der Waals surface area contributed by atoms with Crippen molar-refractivity contribution in [2.24, 2.45) is 0 Å². The lowest BCUT2D eigenvalue weighted by Crippen LogP contribution is -2.39. The molecule has 6 nitrogen and oxygen atoms in total. The molecule has 1 amide bonds. The Hall–Kier alpha value is -2.45. The van der Waals surface area contributed by atoms with E-state index in [1.54, 1.807) is 35.2 Å². The molecule has 1 aliphatic heterocycles. The van der Waals surface area contributed by atoms with Crippen LogP contribution in [0.15, 0.2) is 45.7 Å². The zero-order valence-corrected chi connectivity index (χ0v) is 16.6. The molecule has 0 bridgehead atoms. The Kier molecular flexibility index (Phi) is 5.32. The summed E-state index contributed by atoms with van der Waals surface area (Å²) in [5.74, 6) is 1.09. The van der Waals surface area contributed by atoms with Gasteiger partial charge in [-0.2, -0.15) is 0 Å². The van der Waals surface area contributed by atoms with Crippen LogP contribution in [0.5, 0.6) is 0 Å². The molecule has 0 radical (unpaired) electrons. The Morgan fingerprint density at radius 1 is 1.14 bits per heavy atom. The topological polar surface area (TPSA) is 76.6 Å². The summed E-state index contributed by atoms with van der Waals surface area (Å²) in [5, 5.41) is 10.8. The second-order valence-electron chi connectivity index (χ2n) is 6.85. The normalized spacial score (nSPS) is 19.6. The Bertz CT molecular complexity index is 959. The molecule has 2 aliphatic rings. The van der Waals surface area contributed by atoms with E-state index in [9.17, 15) is 14.9 Å². The average Bonchev–Trinajstić information content (AvgIpc) is 3.27. The Morgan fingerprint density at radius 2 is 1.86 bits per heavy atom. The lowest BCUT2D eigenvalue weighted by molar-refractivity contribution is -0.384. The van der Waals surface area contributed by atoms with Crippen LogP contribution in [0.1, 0.15) is 37.9 Å². The van der Waals surface area contributed by atoms with Gasteiger partial charge in [0.15, 0.2) is 0 Å². The first-order valence-corrected chi connectivity index (χ1v) is 10.4. The number of non-ortho nitro benzene ring substituents is 1. The maximum Gasteiger partial charge on any atom is 0.269 e. The van der Waals surface area contributed by atoms with E-state index in [-0.39, 0.29) is 17.6 Å². The number of carbonyl (C=O) groups excluding carboxylic acids is 1. The number of carbonyl (C=O) groups is 1. The predicted octanol–water partition coefficient (Wildman–Crippen LogP) is 5.39. The van der Waals surface area contributed by atoms with Crippen LogP contribution in [-0.4, -0.2) is 26.1 Å². The molecule has 2 aromatic rings. The molecule has 1 saturated heterocycles. The zero-order valence-electron chi connectivity index (χ0n) is 15.0. The van der Waals surface area contributed by atoms with Gasteiger partial charge in [-0.3, -0.25) is 19.8 Å². The molecule has 0 spiro atoms. The molecule has 28 heavy (non-hydrogen) atoms. The first-order valence-electron chi connectivity index (χ1n) is 9.14. The van der Waals surface area contributed by atoms with Gasteiger partial charge in [0.25, 0.3) is 11.6 Å². The first-order chi connectivity index (χ1) is 13.5. The van der Waals surface area contributed by atoms with Crippen LogP contribution in [0.2, 0.25) is 0 Å². The van der Waals surface area contributed by atoms with Crippen molar-refractivity contribution in [1.29, 1.82) is 0 Å². The van der Waals surface area contributed by atoms with E-state index < -0.39 is 4.92 Å². The van der Waals surface area contributed by atoms with Gasteiger partial charge in [0, 0.05) is 29.8 Å². The predicted molar refractivity (Wildman–Crippen MR) is 113 cm³/mol. The molecule has 1 aromatic heterocycles. The lowest BCUT2D eigenvalue weighted by atomic mass is 9.94. The molecule has 2 fully saturated rings. The highest BCUT2D eigenvalue weighted by Crippen LogP contribution is 2.37. The molecule has 0 atom stereocenters. The summed E-state index contributed by atoms with van der Waals surface area (Å²) < 4.78 is 6.44. The number of hydrogen-bond acceptors (Lipinski definition) is 6. The van der Waals surface area contributed by atoms with Gasteiger partial charge in [-0.05, 0) is 37.1 Å². The van der Waals surface area contributed by atoms with Crippen molar-refractivity contribution in [3.05, 3.63) is 57.2 Å². The fourth-order valence-corrected chi connectivity index (χ4v) is 4.98. The van der Waals surface area contributed by atoms with Crippen LogP contribution < -0.4 is 0 Å². The Labute approximate surface area is 171 Å². The van der Waals surface area contributed by atoms with Crippen molar-refractivity contribution in [1.82, 2.24) is 4.90 Å². The van der Waals surface area contributed by atoms with Crippen molar-refractivity contribution >= 4 is 46.0 Å². The van der Waals surface area contributed by atoms with Gasteiger partial charge in [0.05, 0.1) is 9.83 Å². The fraction of sp³-hybridized carbons (Fsp3) is 0.300. The molecule has 144 valence electrons. The number of furan rings is 1. The van der Waals surface area contributed by atoms with Gasteiger partial charge in [-0.15, -0.1) is 0 Å². The minimum atomic E-state index is -0.439. The highest BCUT2D eigenvalue weighted by atomic mass is 32.2. The number of rotatable bonds is 4. The highest BCUT2D eigenvalue weighted by molar-refractivity contribution is 8.26. The van der Waals surface area contributed by atoms with Crippen LogP contribution in [0.4, 0.5) is 5.69 Å². The van der Waals surface area contributed by atoms with Crippen LogP contribution in [-0.2, 0) is 4.79 Å². The SMILES string of the molecule is O=C1/C(=C\c2ccc(-c3ccc([N+](=O)[O-])cc3)o2)SC(=S)N1C1CCCCC1. The van der Waals surface area contributed by atoms with Gasteiger partial charge in [-0.1, -0.05) is 43.2 Å². The molecule has 8 heteroatoms. The molecular formula is C20H18N2O4S2. The van der Waals surface area contributed by atoms with Gasteiger partial charge in [0.2, 0.25) is 0 Å². The lowest BCUT2D eigenvalue weighted by Gasteiger charge is -2.29. The van der Waals surface area contributed by atoms with Crippen molar-refractivity contribution in [3.8, 4) is 11.3 Å². The summed E-state index contributed by atoms with van der Waals surface area (Å²) in [5.41, 5.74) is 0.766. The number of nitrogens with zero attached hydrogens (tertiary/aromatic N) is 2. The monoisotopic (exact) mass is 414 g/mol. The second-order valence-corrected chi connectivity index (χ2v) is 8.53. The molecule has 0 unspecified atom stereocenters. The van der Waals surface area contributed by atoms with Gasteiger partial charge in [0.1, 0.15) is 15.8 Å².